The number of hydrogen-bond acceptors (Lipinski definition) is 5. The summed E-state index contributed by atoms with van der Waals surface area (Å²) in [7, 11) is 3.21. The molecule has 0 N–H and O–H groups in total. The molecule has 1 aliphatic heterocycles. The number of nitrogens with zero attached hydrogens (tertiary/aromatic N) is 3. The second kappa shape index (κ2) is 8.67. The van der Waals surface area contributed by atoms with Gasteiger partial charge in [-0.2, -0.15) is 0 Å². The Morgan fingerprint density at radius 1 is 1.04 bits per heavy atom. The van der Waals surface area contributed by atoms with Gasteiger partial charge in [0, 0.05) is 38.9 Å². The molecule has 1 saturated heterocycles. The molecule has 0 bridgehead atoms. The zero-order chi connectivity index (χ0) is 18.4. The number of ether oxygens (including phenoxy) is 2. The molecule has 0 unspecified atom stereocenters. The van der Waals surface area contributed by atoms with E-state index in [1.165, 1.54) is 0 Å². The minimum absolute atomic E-state index is 0.148. The lowest BCUT2D eigenvalue weighted by atomic mass is 10.1. The van der Waals surface area contributed by atoms with Crippen LogP contribution >= 0.6 is 0 Å². The fourth-order valence-corrected chi connectivity index (χ4v) is 3.15. The molecular formula is C20H25N3O3. The van der Waals surface area contributed by atoms with Crippen LogP contribution in [0.3, 0.4) is 0 Å². The smallest absolute Gasteiger partial charge is 0.227 e. The van der Waals surface area contributed by atoms with E-state index in [1.807, 2.05) is 47.5 Å². The molecule has 0 aliphatic carbocycles. The molecule has 138 valence electrons. The maximum Gasteiger partial charge on any atom is 0.227 e. The van der Waals surface area contributed by atoms with E-state index in [0.717, 1.165) is 44.0 Å². The number of aromatic nitrogens is 1. The Hall–Kier alpha value is -2.60. The molecule has 0 radical (unpaired) electrons. The Labute approximate surface area is 154 Å². The average Bonchev–Trinajstić information content (AvgIpc) is 2.69. The minimum Gasteiger partial charge on any atom is -0.493 e. The number of pyridine rings is 1. The van der Waals surface area contributed by atoms with Gasteiger partial charge in [0.25, 0.3) is 0 Å². The number of carbonyl (C=O) groups excluding carboxylic acids is 1. The molecule has 3 rings (SSSR count). The average molecular weight is 355 g/mol. The van der Waals surface area contributed by atoms with E-state index in [0.29, 0.717) is 17.9 Å². The van der Waals surface area contributed by atoms with Crippen LogP contribution in [0.1, 0.15) is 11.3 Å². The number of piperazine rings is 1. The molecule has 1 aromatic carbocycles. The predicted molar refractivity (Wildman–Crippen MR) is 99.3 cm³/mol. The quantitative estimate of drug-likeness (QED) is 0.793. The summed E-state index contributed by atoms with van der Waals surface area (Å²) >= 11 is 0. The van der Waals surface area contributed by atoms with E-state index in [1.54, 1.807) is 14.2 Å². The van der Waals surface area contributed by atoms with Crippen molar-refractivity contribution in [1.29, 1.82) is 0 Å². The topological polar surface area (TPSA) is 54.9 Å². The summed E-state index contributed by atoms with van der Waals surface area (Å²) in [4.78, 5) is 21.3. The first-order valence-corrected chi connectivity index (χ1v) is 8.80. The van der Waals surface area contributed by atoms with Gasteiger partial charge in [-0.15, -0.1) is 0 Å². The summed E-state index contributed by atoms with van der Waals surface area (Å²) < 4.78 is 10.6. The molecule has 0 atom stereocenters. The summed E-state index contributed by atoms with van der Waals surface area (Å²) in [5.74, 6) is 1.47. The highest BCUT2D eigenvalue weighted by Crippen LogP contribution is 2.27. The van der Waals surface area contributed by atoms with Crippen molar-refractivity contribution >= 4 is 5.91 Å². The second-order valence-corrected chi connectivity index (χ2v) is 6.34. The van der Waals surface area contributed by atoms with Crippen molar-refractivity contribution in [3.63, 3.8) is 0 Å². The second-order valence-electron chi connectivity index (χ2n) is 6.34. The Bertz CT molecular complexity index is 728. The Balaban J connectivity index is 1.52. The minimum atomic E-state index is 0.148. The lowest BCUT2D eigenvalue weighted by Gasteiger charge is -2.34. The van der Waals surface area contributed by atoms with Gasteiger partial charge in [-0.3, -0.25) is 14.7 Å². The highest BCUT2D eigenvalue weighted by atomic mass is 16.5. The zero-order valence-corrected chi connectivity index (χ0v) is 15.4. The van der Waals surface area contributed by atoms with Crippen LogP contribution in [0.5, 0.6) is 11.5 Å². The summed E-state index contributed by atoms with van der Waals surface area (Å²) in [6, 6.07) is 11.6. The number of benzene rings is 1. The summed E-state index contributed by atoms with van der Waals surface area (Å²) in [5.41, 5.74) is 2.00. The highest BCUT2D eigenvalue weighted by Gasteiger charge is 2.21. The zero-order valence-electron chi connectivity index (χ0n) is 15.4. The van der Waals surface area contributed by atoms with E-state index >= 15 is 0 Å². The van der Waals surface area contributed by atoms with Gasteiger partial charge in [0.15, 0.2) is 11.5 Å². The van der Waals surface area contributed by atoms with Crippen molar-refractivity contribution in [2.24, 2.45) is 0 Å². The third-order valence-corrected chi connectivity index (χ3v) is 4.64. The fraction of sp³-hybridized carbons (Fsp3) is 0.400. The van der Waals surface area contributed by atoms with E-state index in [-0.39, 0.29) is 5.91 Å². The predicted octanol–water partition coefficient (Wildman–Crippen LogP) is 1.99. The van der Waals surface area contributed by atoms with Gasteiger partial charge in [-0.25, -0.2) is 0 Å². The molecule has 0 saturated carbocycles. The summed E-state index contributed by atoms with van der Waals surface area (Å²) in [6.07, 6.45) is 2.19. The molecule has 2 aromatic rings. The van der Waals surface area contributed by atoms with Crippen LogP contribution in [-0.4, -0.2) is 61.1 Å². The SMILES string of the molecule is COc1ccc(CC(=O)N2CCN(Cc3ccccn3)CC2)cc1OC. The van der Waals surface area contributed by atoms with Crippen LogP contribution < -0.4 is 9.47 Å². The lowest BCUT2D eigenvalue weighted by Crippen LogP contribution is -2.48. The molecular weight excluding hydrogens is 330 g/mol. The third kappa shape index (κ3) is 4.52. The van der Waals surface area contributed by atoms with E-state index in [4.69, 9.17) is 9.47 Å². The molecule has 1 amide bonds. The molecule has 1 fully saturated rings. The Morgan fingerprint density at radius 3 is 2.46 bits per heavy atom. The lowest BCUT2D eigenvalue weighted by molar-refractivity contribution is -0.132. The summed E-state index contributed by atoms with van der Waals surface area (Å²) in [5, 5.41) is 0. The molecule has 1 aromatic heterocycles. The van der Waals surface area contributed by atoms with Crippen LogP contribution in [0.25, 0.3) is 0 Å². The van der Waals surface area contributed by atoms with Gasteiger partial charge in [0.1, 0.15) is 0 Å². The van der Waals surface area contributed by atoms with Gasteiger partial charge in [-0.1, -0.05) is 12.1 Å². The number of hydrogen-bond donors (Lipinski definition) is 0. The van der Waals surface area contributed by atoms with E-state index in [9.17, 15) is 4.79 Å². The normalized spacial score (nSPS) is 14.9. The highest BCUT2D eigenvalue weighted by molar-refractivity contribution is 5.79. The fourth-order valence-electron chi connectivity index (χ4n) is 3.15. The standard InChI is InChI=1S/C20H25N3O3/c1-25-18-7-6-16(13-19(18)26-2)14-20(24)23-11-9-22(10-12-23)15-17-5-3-4-8-21-17/h3-8,13H,9-12,14-15H2,1-2H3. The van der Waals surface area contributed by atoms with Gasteiger partial charge < -0.3 is 14.4 Å². The van der Waals surface area contributed by atoms with Gasteiger partial charge in [0.05, 0.1) is 26.3 Å². The van der Waals surface area contributed by atoms with Crippen molar-refractivity contribution in [3.8, 4) is 11.5 Å². The largest absolute Gasteiger partial charge is 0.493 e. The van der Waals surface area contributed by atoms with E-state index in [2.05, 4.69) is 9.88 Å². The van der Waals surface area contributed by atoms with Crippen molar-refractivity contribution in [3.05, 3.63) is 53.9 Å². The maximum atomic E-state index is 12.6. The van der Waals surface area contributed by atoms with Crippen molar-refractivity contribution < 1.29 is 14.3 Å². The number of amides is 1. The van der Waals surface area contributed by atoms with E-state index < -0.39 is 0 Å². The Kier molecular flexibility index (Phi) is 6.07. The number of methoxy groups -OCH3 is 2. The van der Waals surface area contributed by atoms with Gasteiger partial charge in [0.2, 0.25) is 5.91 Å². The molecule has 0 spiro atoms. The molecule has 1 aliphatic rings. The van der Waals surface area contributed by atoms with Crippen LogP contribution in [0.15, 0.2) is 42.6 Å². The van der Waals surface area contributed by atoms with Crippen LogP contribution in [0.2, 0.25) is 0 Å². The first-order valence-electron chi connectivity index (χ1n) is 8.80. The summed E-state index contributed by atoms with van der Waals surface area (Å²) in [6.45, 7) is 4.07. The Morgan fingerprint density at radius 2 is 1.81 bits per heavy atom. The third-order valence-electron chi connectivity index (χ3n) is 4.64. The van der Waals surface area contributed by atoms with Crippen LogP contribution in [0.4, 0.5) is 0 Å². The molecule has 2 heterocycles. The number of carbonyl (C=O) groups is 1. The van der Waals surface area contributed by atoms with Crippen molar-refractivity contribution in [1.82, 2.24) is 14.8 Å². The van der Waals surface area contributed by atoms with Crippen molar-refractivity contribution in [2.75, 3.05) is 40.4 Å². The van der Waals surface area contributed by atoms with Crippen LogP contribution in [-0.2, 0) is 17.8 Å². The first kappa shape index (κ1) is 18.2. The molecule has 6 heteroatoms. The van der Waals surface area contributed by atoms with Crippen LogP contribution in [0, 0.1) is 0 Å². The number of rotatable bonds is 6. The molecule has 26 heavy (non-hydrogen) atoms. The van der Waals surface area contributed by atoms with Gasteiger partial charge >= 0.3 is 0 Å². The van der Waals surface area contributed by atoms with Gasteiger partial charge in [-0.05, 0) is 29.8 Å². The molecule has 6 nitrogen and oxygen atoms in total. The van der Waals surface area contributed by atoms with Crippen molar-refractivity contribution in [2.45, 2.75) is 13.0 Å². The monoisotopic (exact) mass is 355 g/mol. The first-order chi connectivity index (χ1) is 12.7. The maximum absolute atomic E-state index is 12.6.